The number of aryl methyl sites for hydroxylation is 2. The second kappa shape index (κ2) is 7.78. The molecule has 1 rings (SSSR count). The van der Waals surface area contributed by atoms with Gasteiger partial charge in [-0.2, -0.15) is 0 Å². The fourth-order valence-corrected chi connectivity index (χ4v) is 2.16. The largest absolute Gasteiger partial charge is 0.467 e. The van der Waals surface area contributed by atoms with Gasteiger partial charge in [0.2, 0.25) is 5.91 Å². The van der Waals surface area contributed by atoms with Crippen LogP contribution in [0.25, 0.3) is 0 Å². The van der Waals surface area contributed by atoms with Crippen molar-refractivity contribution in [2.75, 3.05) is 20.8 Å². The molecule has 0 aliphatic heterocycles. The van der Waals surface area contributed by atoms with E-state index in [9.17, 15) is 9.59 Å². The van der Waals surface area contributed by atoms with E-state index in [0.717, 1.165) is 5.56 Å². The van der Waals surface area contributed by atoms with E-state index < -0.39 is 17.9 Å². The Balaban J connectivity index is 2.79. The van der Waals surface area contributed by atoms with Crippen LogP contribution in [0.2, 0.25) is 0 Å². The molecule has 0 saturated carbocycles. The summed E-state index contributed by atoms with van der Waals surface area (Å²) in [5.41, 5.74) is 1.41. The molecule has 1 heterocycles. The van der Waals surface area contributed by atoms with Gasteiger partial charge in [0.15, 0.2) is 0 Å². The first-order valence-corrected chi connectivity index (χ1v) is 6.72. The number of aromatic nitrogens is 1. The summed E-state index contributed by atoms with van der Waals surface area (Å²) in [5, 5.41) is 6.52. The van der Waals surface area contributed by atoms with Crippen LogP contribution in [0.15, 0.2) is 4.52 Å². The number of esters is 1. The van der Waals surface area contributed by atoms with Gasteiger partial charge in [-0.05, 0) is 20.8 Å². The highest BCUT2D eigenvalue weighted by Gasteiger charge is 2.27. The average Bonchev–Trinajstić information content (AvgIpc) is 2.80. The molecular formula is C14H22N2O5. The molecule has 7 heteroatoms. The lowest BCUT2D eigenvalue weighted by atomic mass is 9.98. The van der Waals surface area contributed by atoms with E-state index in [2.05, 4.69) is 15.2 Å². The minimum Gasteiger partial charge on any atom is -0.467 e. The Labute approximate surface area is 124 Å². The van der Waals surface area contributed by atoms with Gasteiger partial charge < -0.3 is 19.3 Å². The van der Waals surface area contributed by atoms with Gasteiger partial charge in [0.25, 0.3) is 0 Å². The van der Waals surface area contributed by atoms with Crippen molar-refractivity contribution >= 4 is 11.9 Å². The maximum absolute atomic E-state index is 12.3. The third kappa shape index (κ3) is 4.29. The fourth-order valence-electron chi connectivity index (χ4n) is 2.16. The summed E-state index contributed by atoms with van der Waals surface area (Å²) >= 11 is 0. The van der Waals surface area contributed by atoms with Crippen molar-refractivity contribution in [3.63, 3.8) is 0 Å². The molecule has 0 fully saturated rings. The van der Waals surface area contributed by atoms with E-state index in [1.807, 2.05) is 0 Å². The van der Waals surface area contributed by atoms with Gasteiger partial charge in [-0.15, -0.1) is 0 Å². The fraction of sp³-hybridized carbons (Fsp3) is 0.643. The van der Waals surface area contributed by atoms with Crippen LogP contribution in [-0.2, 0) is 19.1 Å². The first-order chi connectivity index (χ1) is 9.92. The molecule has 2 atom stereocenters. The molecule has 118 valence electrons. The highest BCUT2D eigenvalue weighted by Crippen LogP contribution is 2.23. The lowest BCUT2D eigenvalue weighted by molar-refractivity contribution is -0.145. The molecule has 21 heavy (non-hydrogen) atoms. The number of ether oxygens (including phenoxy) is 2. The standard InChI is InChI=1S/C14H22N2O5/c1-8(12-9(2)16-21-10(12)3)13(17)15-11(6-7-19-4)14(18)20-5/h8,11H,6-7H2,1-5H3,(H,15,17)/t8-,11-/m1/s1. The zero-order chi connectivity index (χ0) is 16.0. The molecule has 7 nitrogen and oxygen atoms in total. The Morgan fingerprint density at radius 2 is 2.00 bits per heavy atom. The quantitative estimate of drug-likeness (QED) is 0.758. The van der Waals surface area contributed by atoms with Gasteiger partial charge in [0.05, 0.1) is 18.7 Å². The number of methoxy groups -OCH3 is 2. The SMILES string of the molecule is COCC[C@@H](NC(=O)[C@H](C)c1c(C)noc1C)C(=O)OC. The number of hydrogen-bond acceptors (Lipinski definition) is 6. The average molecular weight is 298 g/mol. The maximum Gasteiger partial charge on any atom is 0.328 e. The molecule has 1 N–H and O–H groups in total. The minimum atomic E-state index is -0.731. The van der Waals surface area contributed by atoms with Crippen molar-refractivity contribution in [1.29, 1.82) is 0 Å². The van der Waals surface area contributed by atoms with E-state index >= 15 is 0 Å². The van der Waals surface area contributed by atoms with Crippen LogP contribution in [0.5, 0.6) is 0 Å². The Morgan fingerprint density at radius 1 is 1.33 bits per heavy atom. The van der Waals surface area contributed by atoms with Gasteiger partial charge in [-0.3, -0.25) is 4.79 Å². The van der Waals surface area contributed by atoms with Crippen molar-refractivity contribution < 1.29 is 23.6 Å². The van der Waals surface area contributed by atoms with Crippen molar-refractivity contribution in [3.8, 4) is 0 Å². The van der Waals surface area contributed by atoms with E-state index in [-0.39, 0.29) is 5.91 Å². The van der Waals surface area contributed by atoms with Crippen LogP contribution >= 0.6 is 0 Å². The normalized spacial score (nSPS) is 13.6. The molecule has 0 unspecified atom stereocenters. The van der Waals surface area contributed by atoms with E-state index in [1.54, 1.807) is 20.8 Å². The summed E-state index contributed by atoms with van der Waals surface area (Å²) in [6, 6.07) is -0.731. The third-order valence-corrected chi connectivity index (χ3v) is 3.33. The number of carbonyl (C=O) groups is 2. The number of nitrogens with zero attached hydrogens (tertiary/aromatic N) is 1. The lowest BCUT2D eigenvalue weighted by Gasteiger charge is -2.19. The molecule has 0 bridgehead atoms. The van der Waals surface area contributed by atoms with Crippen molar-refractivity contribution in [2.45, 2.75) is 39.2 Å². The van der Waals surface area contributed by atoms with Crippen LogP contribution in [-0.4, -0.2) is 43.9 Å². The minimum absolute atomic E-state index is 0.282. The summed E-state index contributed by atoms with van der Waals surface area (Å²) in [5.74, 6) is -0.644. The molecule has 0 aliphatic rings. The smallest absolute Gasteiger partial charge is 0.328 e. The summed E-state index contributed by atoms with van der Waals surface area (Å²) < 4.78 is 14.7. The molecule has 0 radical (unpaired) electrons. The van der Waals surface area contributed by atoms with Gasteiger partial charge in [0.1, 0.15) is 11.8 Å². The molecule has 1 amide bonds. The van der Waals surface area contributed by atoms with Crippen LogP contribution in [0.4, 0.5) is 0 Å². The van der Waals surface area contributed by atoms with Crippen LogP contribution in [0.3, 0.4) is 0 Å². The number of carbonyl (C=O) groups excluding carboxylic acids is 2. The number of hydrogen-bond donors (Lipinski definition) is 1. The molecule has 0 aromatic carbocycles. The second-order valence-corrected chi connectivity index (χ2v) is 4.83. The Bertz CT molecular complexity index is 478. The van der Waals surface area contributed by atoms with Gasteiger partial charge in [-0.25, -0.2) is 4.79 Å². The summed E-state index contributed by atoms with van der Waals surface area (Å²) in [4.78, 5) is 24.0. The maximum atomic E-state index is 12.3. The first-order valence-electron chi connectivity index (χ1n) is 6.72. The van der Waals surface area contributed by atoms with Crippen LogP contribution in [0, 0.1) is 13.8 Å². The zero-order valence-corrected chi connectivity index (χ0v) is 13.1. The highest BCUT2D eigenvalue weighted by atomic mass is 16.5. The highest BCUT2D eigenvalue weighted by molar-refractivity contribution is 5.88. The second-order valence-electron chi connectivity index (χ2n) is 4.83. The van der Waals surface area contributed by atoms with E-state index in [4.69, 9.17) is 9.26 Å². The number of nitrogens with one attached hydrogen (secondary N) is 1. The zero-order valence-electron chi connectivity index (χ0n) is 13.1. The van der Waals surface area contributed by atoms with Crippen molar-refractivity contribution in [1.82, 2.24) is 10.5 Å². The molecular weight excluding hydrogens is 276 g/mol. The lowest BCUT2D eigenvalue weighted by Crippen LogP contribution is -2.44. The van der Waals surface area contributed by atoms with Gasteiger partial charge >= 0.3 is 5.97 Å². The van der Waals surface area contributed by atoms with Crippen LogP contribution < -0.4 is 5.32 Å². The molecule has 0 spiro atoms. The van der Waals surface area contributed by atoms with Gasteiger partial charge in [0, 0.05) is 25.7 Å². The van der Waals surface area contributed by atoms with E-state index in [0.29, 0.717) is 24.5 Å². The molecule has 0 aliphatic carbocycles. The number of rotatable bonds is 7. The molecule has 0 saturated heterocycles. The third-order valence-electron chi connectivity index (χ3n) is 3.33. The summed E-state index contributed by atoms with van der Waals surface area (Å²) in [6.07, 6.45) is 0.350. The van der Waals surface area contributed by atoms with Gasteiger partial charge in [-0.1, -0.05) is 5.16 Å². The first kappa shape index (κ1) is 17.2. The van der Waals surface area contributed by atoms with Crippen LogP contribution in [0.1, 0.15) is 36.3 Å². The monoisotopic (exact) mass is 298 g/mol. The summed E-state index contributed by atoms with van der Waals surface area (Å²) in [6.45, 7) is 5.62. The predicted molar refractivity (Wildman–Crippen MR) is 74.8 cm³/mol. The van der Waals surface area contributed by atoms with Crippen molar-refractivity contribution in [2.24, 2.45) is 0 Å². The summed E-state index contributed by atoms with van der Waals surface area (Å²) in [7, 11) is 2.81. The Hall–Kier alpha value is -1.89. The Kier molecular flexibility index (Phi) is 6.36. The predicted octanol–water partition coefficient (Wildman–Crippen LogP) is 1.09. The Morgan fingerprint density at radius 3 is 2.48 bits per heavy atom. The molecule has 1 aromatic rings. The van der Waals surface area contributed by atoms with E-state index in [1.165, 1.54) is 14.2 Å². The topological polar surface area (TPSA) is 90.7 Å². The van der Waals surface area contributed by atoms with Crippen molar-refractivity contribution in [3.05, 3.63) is 17.0 Å². The number of amides is 1. The molecule has 1 aromatic heterocycles.